The fraction of sp³-hybridized carbons (Fsp3) is 0.923. The maximum atomic E-state index is 12.0. The van der Waals surface area contributed by atoms with Crippen LogP contribution in [-0.2, 0) is 4.79 Å². The van der Waals surface area contributed by atoms with E-state index in [0.29, 0.717) is 25.2 Å². The molecule has 1 unspecified atom stereocenters. The zero-order chi connectivity index (χ0) is 13.0. The highest BCUT2D eigenvalue weighted by Gasteiger charge is 2.26. The molecule has 1 saturated heterocycles. The summed E-state index contributed by atoms with van der Waals surface area (Å²) in [5, 5.41) is 3.15. The molecule has 1 atom stereocenters. The molecule has 5 nitrogen and oxygen atoms in total. The van der Waals surface area contributed by atoms with Crippen LogP contribution in [0.15, 0.2) is 0 Å². The van der Waals surface area contributed by atoms with Gasteiger partial charge in [-0.25, -0.2) is 0 Å². The standard InChI is InChI=1S/C13H26N4O/c1-16-6-7-17(12(8-14)9-16)10-13(18)15-11-4-2-3-5-11/h11-12H,2-10,14H2,1H3,(H,15,18). The van der Waals surface area contributed by atoms with Crippen molar-refractivity contribution in [3.63, 3.8) is 0 Å². The molecule has 0 bridgehead atoms. The largest absolute Gasteiger partial charge is 0.352 e. The zero-order valence-corrected chi connectivity index (χ0v) is 11.4. The van der Waals surface area contributed by atoms with Crippen LogP contribution in [0.2, 0.25) is 0 Å². The number of likely N-dealkylation sites (N-methyl/N-ethyl adjacent to an activating group) is 1. The molecule has 2 rings (SSSR count). The van der Waals surface area contributed by atoms with Gasteiger partial charge in [0.1, 0.15) is 0 Å². The predicted molar refractivity (Wildman–Crippen MR) is 72.3 cm³/mol. The smallest absolute Gasteiger partial charge is 0.234 e. The Labute approximate surface area is 110 Å². The minimum absolute atomic E-state index is 0.171. The Morgan fingerprint density at radius 1 is 1.33 bits per heavy atom. The highest BCUT2D eigenvalue weighted by Crippen LogP contribution is 2.17. The van der Waals surface area contributed by atoms with E-state index in [0.717, 1.165) is 32.5 Å². The number of carbonyl (C=O) groups is 1. The van der Waals surface area contributed by atoms with Crippen molar-refractivity contribution >= 4 is 5.91 Å². The van der Waals surface area contributed by atoms with Crippen LogP contribution in [0.25, 0.3) is 0 Å². The van der Waals surface area contributed by atoms with E-state index in [4.69, 9.17) is 5.73 Å². The minimum atomic E-state index is 0.171. The molecule has 18 heavy (non-hydrogen) atoms. The third-order valence-electron chi connectivity index (χ3n) is 4.15. The molecule has 0 spiro atoms. The molecule has 0 aromatic rings. The fourth-order valence-corrected chi connectivity index (χ4v) is 3.01. The summed E-state index contributed by atoms with van der Waals surface area (Å²) in [6, 6.07) is 0.736. The molecule has 1 heterocycles. The number of hydrogen-bond donors (Lipinski definition) is 2. The van der Waals surface area contributed by atoms with E-state index in [1.54, 1.807) is 0 Å². The first-order valence-corrected chi connectivity index (χ1v) is 7.11. The number of rotatable bonds is 4. The predicted octanol–water partition coefficient (Wildman–Crippen LogP) is -0.380. The van der Waals surface area contributed by atoms with Crippen LogP contribution in [0.1, 0.15) is 25.7 Å². The first kappa shape index (κ1) is 13.8. The van der Waals surface area contributed by atoms with Gasteiger partial charge in [-0.3, -0.25) is 9.69 Å². The van der Waals surface area contributed by atoms with E-state index in [1.807, 2.05) is 0 Å². The summed E-state index contributed by atoms with van der Waals surface area (Å²) in [6.07, 6.45) is 4.80. The molecule has 1 aliphatic carbocycles. The highest BCUT2D eigenvalue weighted by atomic mass is 16.2. The van der Waals surface area contributed by atoms with E-state index in [9.17, 15) is 4.79 Å². The summed E-state index contributed by atoms with van der Waals surface area (Å²) in [5.74, 6) is 0.171. The SMILES string of the molecule is CN1CCN(CC(=O)NC2CCCC2)C(CN)C1. The van der Waals surface area contributed by atoms with Crippen LogP contribution < -0.4 is 11.1 Å². The maximum Gasteiger partial charge on any atom is 0.234 e. The van der Waals surface area contributed by atoms with Gasteiger partial charge in [-0.15, -0.1) is 0 Å². The minimum Gasteiger partial charge on any atom is -0.352 e. The second-order valence-corrected chi connectivity index (χ2v) is 5.67. The highest BCUT2D eigenvalue weighted by molar-refractivity contribution is 5.78. The number of piperazine rings is 1. The molecule has 3 N–H and O–H groups in total. The molecule has 0 aromatic carbocycles. The summed E-state index contributed by atoms with van der Waals surface area (Å²) in [5.41, 5.74) is 5.80. The van der Waals surface area contributed by atoms with Crippen molar-refractivity contribution in [3.05, 3.63) is 0 Å². The van der Waals surface area contributed by atoms with Gasteiger partial charge in [0.05, 0.1) is 6.54 Å². The summed E-state index contributed by atoms with van der Waals surface area (Å²) < 4.78 is 0. The zero-order valence-electron chi connectivity index (χ0n) is 11.4. The summed E-state index contributed by atoms with van der Waals surface area (Å²) in [4.78, 5) is 16.5. The van der Waals surface area contributed by atoms with Crippen molar-refractivity contribution in [3.8, 4) is 0 Å². The van der Waals surface area contributed by atoms with Crippen molar-refractivity contribution in [2.75, 3.05) is 39.8 Å². The monoisotopic (exact) mass is 254 g/mol. The van der Waals surface area contributed by atoms with Crippen LogP contribution in [0.5, 0.6) is 0 Å². The first-order valence-electron chi connectivity index (χ1n) is 7.11. The van der Waals surface area contributed by atoms with Gasteiger partial charge in [-0.05, 0) is 19.9 Å². The lowest BCUT2D eigenvalue weighted by Crippen LogP contribution is -2.57. The van der Waals surface area contributed by atoms with Crippen LogP contribution >= 0.6 is 0 Å². The van der Waals surface area contributed by atoms with Crippen molar-refractivity contribution in [1.29, 1.82) is 0 Å². The van der Waals surface area contributed by atoms with E-state index < -0.39 is 0 Å². The van der Waals surface area contributed by atoms with Crippen molar-refractivity contribution < 1.29 is 4.79 Å². The Morgan fingerprint density at radius 3 is 2.72 bits per heavy atom. The number of amides is 1. The van der Waals surface area contributed by atoms with E-state index in [1.165, 1.54) is 12.8 Å². The lowest BCUT2D eigenvalue weighted by atomic mass is 10.1. The van der Waals surface area contributed by atoms with Gasteiger partial charge in [0.2, 0.25) is 5.91 Å². The second kappa shape index (κ2) is 6.50. The number of nitrogens with zero attached hydrogens (tertiary/aromatic N) is 2. The molecule has 2 aliphatic rings. The Morgan fingerprint density at radius 2 is 2.06 bits per heavy atom. The molecule has 1 aliphatic heterocycles. The molecule has 5 heteroatoms. The van der Waals surface area contributed by atoms with Gasteiger partial charge in [-0.2, -0.15) is 0 Å². The fourth-order valence-electron chi connectivity index (χ4n) is 3.01. The summed E-state index contributed by atoms with van der Waals surface area (Å²) in [6.45, 7) is 4.06. The van der Waals surface area contributed by atoms with Crippen LogP contribution in [0.3, 0.4) is 0 Å². The molecule has 104 valence electrons. The van der Waals surface area contributed by atoms with Gasteiger partial charge in [0, 0.05) is 38.3 Å². The van der Waals surface area contributed by atoms with Crippen molar-refractivity contribution in [2.45, 2.75) is 37.8 Å². The molecule has 2 fully saturated rings. The third-order valence-corrected chi connectivity index (χ3v) is 4.15. The topological polar surface area (TPSA) is 61.6 Å². The van der Waals surface area contributed by atoms with E-state index in [-0.39, 0.29) is 5.91 Å². The number of nitrogens with two attached hydrogens (primary N) is 1. The Bertz CT molecular complexity index is 278. The lowest BCUT2D eigenvalue weighted by Gasteiger charge is -2.39. The molecule has 0 radical (unpaired) electrons. The van der Waals surface area contributed by atoms with E-state index in [2.05, 4.69) is 22.2 Å². The molecule has 0 aromatic heterocycles. The third kappa shape index (κ3) is 3.67. The van der Waals surface area contributed by atoms with Crippen LogP contribution in [-0.4, -0.2) is 67.6 Å². The van der Waals surface area contributed by atoms with Crippen molar-refractivity contribution in [1.82, 2.24) is 15.1 Å². The van der Waals surface area contributed by atoms with Gasteiger partial charge in [-0.1, -0.05) is 12.8 Å². The lowest BCUT2D eigenvalue weighted by molar-refractivity contribution is -0.124. The number of carbonyl (C=O) groups excluding carboxylic acids is 1. The van der Waals surface area contributed by atoms with Crippen molar-refractivity contribution in [2.24, 2.45) is 5.73 Å². The van der Waals surface area contributed by atoms with Gasteiger partial charge in [0.15, 0.2) is 0 Å². The number of nitrogens with one attached hydrogen (secondary N) is 1. The normalized spacial score (nSPS) is 27.6. The summed E-state index contributed by atoms with van der Waals surface area (Å²) in [7, 11) is 2.11. The molecular formula is C13H26N4O. The van der Waals surface area contributed by atoms with Gasteiger partial charge >= 0.3 is 0 Å². The Kier molecular flexibility index (Phi) is 4.97. The molecular weight excluding hydrogens is 228 g/mol. The van der Waals surface area contributed by atoms with Crippen LogP contribution in [0.4, 0.5) is 0 Å². The van der Waals surface area contributed by atoms with Crippen LogP contribution in [0, 0.1) is 0 Å². The first-order chi connectivity index (χ1) is 8.69. The average molecular weight is 254 g/mol. The summed E-state index contributed by atoms with van der Waals surface area (Å²) >= 11 is 0. The molecule has 1 saturated carbocycles. The quantitative estimate of drug-likeness (QED) is 0.718. The van der Waals surface area contributed by atoms with E-state index >= 15 is 0 Å². The Hall–Kier alpha value is -0.650. The van der Waals surface area contributed by atoms with Gasteiger partial charge < -0.3 is 16.0 Å². The second-order valence-electron chi connectivity index (χ2n) is 5.67. The average Bonchev–Trinajstić information content (AvgIpc) is 2.84. The molecule has 1 amide bonds. The maximum absolute atomic E-state index is 12.0. The Balaban J connectivity index is 1.78. The van der Waals surface area contributed by atoms with Gasteiger partial charge in [0.25, 0.3) is 0 Å². The number of hydrogen-bond acceptors (Lipinski definition) is 4.